The maximum Gasteiger partial charge on any atom is 0.200 e. The van der Waals surface area contributed by atoms with Crippen LogP contribution in [-0.2, 0) is 16.6 Å². The molecule has 0 bridgehead atoms. The standard InChI is InChI=1S/C13H5Cl2F5OS/c14-5-1-2-8(7(15)3-5)22(21)4-6-9(16)11(18)13(20)12(19)10(6)17/h1-3H,4H2. The molecule has 0 aliphatic carbocycles. The summed E-state index contributed by atoms with van der Waals surface area (Å²) in [5.41, 5.74) is -1.17. The molecular formula is C13H5Cl2F5OS. The molecule has 0 saturated heterocycles. The molecule has 0 spiro atoms. The predicted molar refractivity (Wildman–Crippen MR) is 72.8 cm³/mol. The van der Waals surface area contributed by atoms with Crippen molar-refractivity contribution in [2.24, 2.45) is 0 Å². The third kappa shape index (κ3) is 3.11. The zero-order valence-corrected chi connectivity index (χ0v) is 12.7. The van der Waals surface area contributed by atoms with Gasteiger partial charge in [-0.2, -0.15) is 0 Å². The monoisotopic (exact) mass is 374 g/mol. The van der Waals surface area contributed by atoms with Gasteiger partial charge in [-0.15, -0.1) is 0 Å². The van der Waals surface area contributed by atoms with Gasteiger partial charge in [-0.3, -0.25) is 4.21 Å². The van der Waals surface area contributed by atoms with Gasteiger partial charge < -0.3 is 0 Å². The molecule has 0 heterocycles. The minimum absolute atomic E-state index is 0.0324. The number of halogens is 7. The Bertz CT molecular complexity index is 753. The van der Waals surface area contributed by atoms with Gasteiger partial charge in [0.15, 0.2) is 23.3 Å². The summed E-state index contributed by atoms with van der Waals surface area (Å²) < 4.78 is 78.2. The van der Waals surface area contributed by atoms with Crippen LogP contribution in [0.15, 0.2) is 23.1 Å². The van der Waals surface area contributed by atoms with Crippen molar-refractivity contribution in [1.29, 1.82) is 0 Å². The highest BCUT2D eigenvalue weighted by Gasteiger charge is 2.27. The first-order chi connectivity index (χ1) is 10.2. The Hall–Kier alpha value is -1.18. The molecule has 2 aromatic carbocycles. The van der Waals surface area contributed by atoms with E-state index >= 15 is 0 Å². The van der Waals surface area contributed by atoms with E-state index in [1.54, 1.807) is 0 Å². The molecule has 1 unspecified atom stereocenters. The van der Waals surface area contributed by atoms with Crippen molar-refractivity contribution in [2.75, 3.05) is 0 Å². The number of hydrogen-bond acceptors (Lipinski definition) is 1. The van der Waals surface area contributed by atoms with Gasteiger partial charge >= 0.3 is 0 Å². The van der Waals surface area contributed by atoms with E-state index in [9.17, 15) is 26.2 Å². The third-order valence-electron chi connectivity index (χ3n) is 2.72. The summed E-state index contributed by atoms with van der Waals surface area (Å²) in [6, 6.07) is 3.82. The van der Waals surface area contributed by atoms with E-state index in [4.69, 9.17) is 23.2 Å². The zero-order valence-electron chi connectivity index (χ0n) is 10.4. The second-order valence-electron chi connectivity index (χ2n) is 4.11. The average molecular weight is 375 g/mol. The van der Waals surface area contributed by atoms with Crippen LogP contribution in [-0.4, -0.2) is 4.21 Å². The molecule has 118 valence electrons. The maximum atomic E-state index is 13.5. The summed E-state index contributed by atoms with van der Waals surface area (Å²) in [6.45, 7) is 0. The Balaban J connectivity index is 2.45. The van der Waals surface area contributed by atoms with Gasteiger partial charge in [0, 0.05) is 10.6 Å². The van der Waals surface area contributed by atoms with E-state index in [2.05, 4.69) is 0 Å². The van der Waals surface area contributed by atoms with Crippen molar-refractivity contribution in [1.82, 2.24) is 0 Å². The molecule has 0 aliphatic rings. The van der Waals surface area contributed by atoms with E-state index in [0.717, 1.165) is 0 Å². The summed E-state index contributed by atoms with van der Waals surface area (Å²) in [4.78, 5) is -0.0324. The van der Waals surface area contributed by atoms with E-state index in [0.29, 0.717) is 0 Å². The summed E-state index contributed by atoms with van der Waals surface area (Å²) in [6.07, 6.45) is 0. The second kappa shape index (κ2) is 6.52. The normalized spacial score (nSPS) is 12.5. The van der Waals surface area contributed by atoms with Gasteiger partial charge in [-0.05, 0) is 18.2 Å². The Kier molecular flexibility index (Phi) is 5.09. The van der Waals surface area contributed by atoms with Crippen LogP contribution in [0, 0.1) is 29.1 Å². The molecule has 0 radical (unpaired) electrons. The molecule has 2 rings (SSSR count). The molecule has 0 N–H and O–H groups in total. The highest BCUT2D eigenvalue weighted by Crippen LogP contribution is 2.28. The lowest BCUT2D eigenvalue weighted by Crippen LogP contribution is -2.09. The largest absolute Gasteiger partial charge is 0.254 e. The van der Waals surface area contributed by atoms with E-state index in [-0.39, 0.29) is 14.9 Å². The topological polar surface area (TPSA) is 17.1 Å². The first kappa shape index (κ1) is 17.2. The van der Waals surface area contributed by atoms with Crippen molar-refractivity contribution in [3.05, 3.63) is 62.9 Å². The van der Waals surface area contributed by atoms with Crippen molar-refractivity contribution in [3.8, 4) is 0 Å². The first-order valence-corrected chi connectivity index (χ1v) is 7.65. The van der Waals surface area contributed by atoms with Crippen LogP contribution in [0.3, 0.4) is 0 Å². The van der Waals surface area contributed by atoms with Crippen molar-refractivity contribution in [2.45, 2.75) is 10.6 Å². The fourth-order valence-corrected chi connectivity index (χ4v) is 3.48. The highest BCUT2D eigenvalue weighted by molar-refractivity contribution is 7.84. The molecule has 22 heavy (non-hydrogen) atoms. The quantitative estimate of drug-likeness (QED) is 0.419. The van der Waals surface area contributed by atoms with Crippen LogP contribution in [0.1, 0.15) is 5.56 Å². The van der Waals surface area contributed by atoms with E-state index in [1.807, 2.05) is 0 Å². The van der Waals surface area contributed by atoms with Crippen LogP contribution < -0.4 is 0 Å². The van der Waals surface area contributed by atoms with Gasteiger partial charge in [-0.25, -0.2) is 22.0 Å². The van der Waals surface area contributed by atoms with Crippen molar-refractivity contribution in [3.63, 3.8) is 0 Å². The molecule has 0 aliphatic heterocycles. The number of hydrogen-bond donors (Lipinski definition) is 0. The van der Waals surface area contributed by atoms with Crippen molar-refractivity contribution >= 4 is 34.0 Å². The zero-order chi connectivity index (χ0) is 16.6. The average Bonchev–Trinajstić information content (AvgIpc) is 2.47. The molecule has 9 heteroatoms. The molecule has 1 nitrogen and oxygen atoms in total. The Labute approximate surface area is 134 Å². The van der Waals surface area contributed by atoms with Crippen LogP contribution in [0.25, 0.3) is 0 Å². The molecule has 1 atom stereocenters. The first-order valence-electron chi connectivity index (χ1n) is 5.57. The fourth-order valence-electron chi connectivity index (χ4n) is 1.65. The summed E-state index contributed by atoms with van der Waals surface area (Å²) >= 11 is 11.4. The predicted octanol–water partition coefficient (Wildman–Crippen LogP) is 5.00. The lowest BCUT2D eigenvalue weighted by molar-refractivity contribution is 0.372. The highest BCUT2D eigenvalue weighted by atomic mass is 35.5. The number of rotatable bonds is 3. The molecule has 2 aromatic rings. The van der Waals surface area contributed by atoms with Gasteiger partial charge in [0.2, 0.25) is 5.82 Å². The van der Waals surface area contributed by atoms with Crippen LogP contribution in [0.2, 0.25) is 10.0 Å². The lowest BCUT2D eigenvalue weighted by atomic mass is 10.2. The lowest BCUT2D eigenvalue weighted by Gasteiger charge is -2.09. The minimum atomic E-state index is -2.27. The van der Waals surface area contributed by atoms with Gasteiger partial charge in [-0.1, -0.05) is 23.2 Å². The second-order valence-corrected chi connectivity index (χ2v) is 6.38. The van der Waals surface area contributed by atoms with E-state index < -0.39 is 51.2 Å². The van der Waals surface area contributed by atoms with Gasteiger partial charge in [0.25, 0.3) is 0 Å². The third-order valence-corrected chi connectivity index (χ3v) is 4.77. The maximum absolute atomic E-state index is 13.5. The summed E-state index contributed by atoms with van der Waals surface area (Å²) in [5, 5.41) is 0.191. The van der Waals surface area contributed by atoms with Gasteiger partial charge in [0.05, 0.1) is 26.5 Å². The van der Waals surface area contributed by atoms with Crippen LogP contribution in [0.5, 0.6) is 0 Å². The molecular weight excluding hydrogens is 370 g/mol. The van der Waals surface area contributed by atoms with Gasteiger partial charge in [0.1, 0.15) is 0 Å². The fraction of sp³-hybridized carbons (Fsp3) is 0.0769. The summed E-state index contributed by atoms with van der Waals surface area (Å²) in [7, 11) is -2.12. The smallest absolute Gasteiger partial charge is 0.200 e. The number of benzene rings is 2. The Morgan fingerprint density at radius 3 is 1.86 bits per heavy atom. The Morgan fingerprint density at radius 2 is 1.36 bits per heavy atom. The molecule has 0 fully saturated rings. The van der Waals surface area contributed by atoms with Crippen molar-refractivity contribution < 1.29 is 26.2 Å². The minimum Gasteiger partial charge on any atom is -0.254 e. The molecule has 0 amide bonds. The molecule has 0 saturated carbocycles. The SMILES string of the molecule is O=S(Cc1c(F)c(F)c(F)c(F)c1F)c1ccc(Cl)cc1Cl. The van der Waals surface area contributed by atoms with Crippen LogP contribution in [0.4, 0.5) is 22.0 Å². The Morgan fingerprint density at radius 1 is 0.864 bits per heavy atom. The van der Waals surface area contributed by atoms with E-state index in [1.165, 1.54) is 18.2 Å². The summed E-state index contributed by atoms with van der Waals surface area (Å²) in [5.74, 6) is -11.4. The molecule has 0 aromatic heterocycles. The van der Waals surface area contributed by atoms with Crippen LogP contribution >= 0.6 is 23.2 Å².